The van der Waals surface area contributed by atoms with Gasteiger partial charge >= 0.3 is 0 Å². The summed E-state index contributed by atoms with van der Waals surface area (Å²) in [6.07, 6.45) is 1.11. The molecule has 1 aromatic carbocycles. The Balaban J connectivity index is 2.19. The Morgan fingerprint density at radius 3 is 3.00 bits per heavy atom. The molecule has 4 nitrogen and oxygen atoms in total. The molecule has 1 aromatic rings. The third kappa shape index (κ3) is 2.48. The van der Waals surface area contributed by atoms with E-state index in [4.69, 9.17) is 5.11 Å². The Bertz CT molecular complexity index is 418. The summed E-state index contributed by atoms with van der Waals surface area (Å²) in [4.78, 5) is 13.6. The summed E-state index contributed by atoms with van der Waals surface area (Å²) in [5.74, 6) is 0.134. The van der Waals surface area contributed by atoms with Crippen LogP contribution in [-0.4, -0.2) is 31.2 Å². The average molecular weight is 234 g/mol. The van der Waals surface area contributed by atoms with Crippen molar-refractivity contribution in [2.24, 2.45) is 0 Å². The first-order valence-electron chi connectivity index (χ1n) is 5.94. The Morgan fingerprint density at radius 1 is 1.47 bits per heavy atom. The van der Waals surface area contributed by atoms with Crippen LogP contribution in [0.1, 0.15) is 17.5 Å². The van der Waals surface area contributed by atoms with E-state index >= 15 is 0 Å². The van der Waals surface area contributed by atoms with E-state index in [1.165, 1.54) is 5.56 Å². The molecule has 2 rings (SSSR count). The minimum atomic E-state index is 0.122. The van der Waals surface area contributed by atoms with Crippen LogP contribution in [0.2, 0.25) is 0 Å². The fourth-order valence-electron chi connectivity index (χ4n) is 2.22. The van der Waals surface area contributed by atoms with Crippen LogP contribution in [0.15, 0.2) is 18.2 Å². The SMILES string of the molecule is CNCc1ccc2c(c1)CC(=O)N2CCCO. The van der Waals surface area contributed by atoms with Gasteiger partial charge in [0.2, 0.25) is 5.91 Å². The Labute approximate surface area is 101 Å². The molecule has 0 unspecified atom stereocenters. The smallest absolute Gasteiger partial charge is 0.231 e. The van der Waals surface area contributed by atoms with Gasteiger partial charge in [0.05, 0.1) is 6.42 Å². The maximum atomic E-state index is 11.8. The zero-order valence-electron chi connectivity index (χ0n) is 10.1. The molecule has 0 saturated carbocycles. The number of amides is 1. The number of aliphatic hydroxyl groups excluding tert-OH is 1. The van der Waals surface area contributed by atoms with Crippen LogP contribution in [0.3, 0.4) is 0 Å². The molecule has 0 aromatic heterocycles. The van der Waals surface area contributed by atoms with Gasteiger partial charge in [0.1, 0.15) is 0 Å². The van der Waals surface area contributed by atoms with E-state index < -0.39 is 0 Å². The lowest BCUT2D eigenvalue weighted by atomic mass is 10.1. The molecule has 0 spiro atoms. The van der Waals surface area contributed by atoms with E-state index in [0.29, 0.717) is 19.4 Å². The maximum absolute atomic E-state index is 11.8. The number of rotatable bonds is 5. The lowest BCUT2D eigenvalue weighted by Crippen LogP contribution is -2.28. The normalized spacial score (nSPS) is 14.2. The molecule has 92 valence electrons. The highest BCUT2D eigenvalue weighted by atomic mass is 16.3. The van der Waals surface area contributed by atoms with E-state index in [1.807, 2.05) is 19.2 Å². The minimum Gasteiger partial charge on any atom is -0.396 e. The topological polar surface area (TPSA) is 52.6 Å². The molecule has 0 fully saturated rings. The van der Waals surface area contributed by atoms with Crippen LogP contribution in [0.25, 0.3) is 0 Å². The number of nitrogens with zero attached hydrogens (tertiary/aromatic N) is 1. The summed E-state index contributed by atoms with van der Waals surface area (Å²) < 4.78 is 0. The predicted octanol–water partition coefficient (Wildman–Crippen LogP) is 0.677. The highest BCUT2D eigenvalue weighted by Gasteiger charge is 2.26. The average Bonchev–Trinajstić information content (AvgIpc) is 2.62. The summed E-state index contributed by atoms with van der Waals surface area (Å²) >= 11 is 0. The van der Waals surface area contributed by atoms with Gasteiger partial charge < -0.3 is 15.3 Å². The van der Waals surface area contributed by atoms with Gasteiger partial charge in [0.15, 0.2) is 0 Å². The fourth-order valence-corrected chi connectivity index (χ4v) is 2.22. The number of aliphatic hydroxyl groups is 1. The molecule has 4 heteroatoms. The van der Waals surface area contributed by atoms with E-state index in [9.17, 15) is 4.79 Å². The van der Waals surface area contributed by atoms with E-state index in [1.54, 1.807) is 4.90 Å². The van der Waals surface area contributed by atoms with Crippen LogP contribution >= 0.6 is 0 Å². The predicted molar refractivity (Wildman–Crippen MR) is 67.0 cm³/mol. The van der Waals surface area contributed by atoms with E-state index in [0.717, 1.165) is 17.8 Å². The first-order chi connectivity index (χ1) is 8.26. The van der Waals surface area contributed by atoms with Gasteiger partial charge in [-0.15, -0.1) is 0 Å². The second-order valence-electron chi connectivity index (χ2n) is 4.29. The van der Waals surface area contributed by atoms with Crippen molar-refractivity contribution >= 4 is 11.6 Å². The van der Waals surface area contributed by atoms with Gasteiger partial charge in [0, 0.05) is 25.4 Å². The molecule has 1 amide bonds. The first-order valence-corrected chi connectivity index (χ1v) is 5.94. The van der Waals surface area contributed by atoms with E-state index in [2.05, 4.69) is 11.4 Å². The maximum Gasteiger partial charge on any atom is 0.231 e. The fraction of sp³-hybridized carbons (Fsp3) is 0.462. The number of benzene rings is 1. The monoisotopic (exact) mass is 234 g/mol. The summed E-state index contributed by atoms with van der Waals surface area (Å²) in [5, 5.41) is 11.9. The number of carbonyl (C=O) groups excluding carboxylic acids is 1. The molecule has 0 radical (unpaired) electrons. The van der Waals surface area contributed by atoms with Gasteiger partial charge in [-0.05, 0) is 30.7 Å². The van der Waals surface area contributed by atoms with Gasteiger partial charge in [-0.2, -0.15) is 0 Å². The Hall–Kier alpha value is -1.39. The van der Waals surface area contributed by atoms with Gasteiger partial charge in [-0.3, -0.25) is 4.79 Å². The van der Waals surface area contributed by atoms with Gasteiger partial charge in [-0.25, -0.2) is 0 Å². The van der Waals surface area contributed by atoms with Crippen molar-refractivity contribution < 1.29 is 9.90 Å². The second kappa shape index (κ2) is 5.29. The van der Waals surface area contributed by atoms with Crippen molar-refractivity contribution in [2.75, 3.05) is 25.1 Å². The molecule has 0 saturated heterocycles. The number of hydrogen-bond acceptors (Lipinski definition) is 3. The van der Waals surface area contributed by atoms with Crippen LogP contribution in [0.5, 0.6) is 0 Å². The van der Waals surface area contributed by atoms with Crippen LogP contribution in [0.4, 0.5) is 5.69 Å². The summed E-state index contributed by atoms with van der Waals surface area (Å²) in [6.45, 7) is 1.54. The number of hydrogen-bond donors (Lipinski definition) is 2. The molecule has 1 heterocycles. The largest absolute Gasteiger partial charge is 0.396 e. The van der Waals surface area contributed by atoms with Crippen molar-refractivity contribution in [3.05, 3.63) is 29.3 Å². The molecular weight excluding hydrogens is 216 g/mol. The van der Waals surface area contributed by atoms with Crippen molar-refractivity contribution in [1.29, 1.82) is 0 Å². The van der Waals surface area contributed by atoms with Gasteiger partial charge in [-0.1, -0.05) is 12.1 Å². The lowest BCUT2D eigenvalue weighted by Gasteiger charge is -2.16. The first kappa shape index (κ1) is 12.1. The summed E-state index contributed by atoms with van der Waals surface area (Å²) in [6, 6.07) is 6.13. The van der Waals surface area contributed by atoms with Gasteiger partial charge in [0.25, 0.3) is 0 Å². The van der Waals surface area contributed by atoms with E-state index in [-0.39, 0.29) is 12.5 Å². The lowest BCUT2D eigenvalue weighted by molar-refractivity contribution is -0.117. The zero-order valence-corrected chi connectivity index (χ0v) is 10.1. The minimum absolute atomic E-state index is 0.122. The highest BCUT2D eigenvalue weighted by Crippen LogP contribution is 2.29. The third-order valence-corrected chi connectivity index (χ3v) is 3.00. The third-order valence-electron chi connectivity index (χ3n) is 3.00. The molecule has 17 heavy (non-hydrogen) atoms. The molecule has 0 aliphatic carbocycles. The highest BCUT2D eigenvalue weighted by molar-refractivity contribution is 6.01. The van der Waals surface area contributed by atoms with Crippen molar-refractivity contribution in [1.82, 2.24) is 5.32 Å². The van der Waals surface area contributed by atoms with Crippen molar-refractivity contribution in [3.63, 3.8) is 0 Å². The Kier molecular flexibility index (Phi) is 3.76. The molecule has 1 aliphatic heterocycles. The number of nitrogens with one attached hydrogen (secondary N) is 1. The van der Waals surface area contributed by atoms with Crippen LogP contribution in [0, 0.1) is 0 Å². The molecule has 1 aliphatic rings. The number of anilines is 1. The molecule has 2 N–H and O–H groups in total. The second-order valence-corrected chi connectivity index (χ2v) is 4.29. The number of carbonyl (C=O) groups is 1. The number of fused-ring (bicyclic) bond motifs is 1. The van der Waals surface area contributed by atoms with Crippen LogP contribution in [-0.2, 0) is 17.8 Å². The van der Waals surface area contributed by atoms with Crippen LogP contribution < -0.4 is 10.2 Å². The molecule has 0 bridgehead atoms. The Morgan fingerprint density at radius 2 is 2.29 bits per heavy atom. The summed E-state index contributed by atoms with van der Waals surface area (Å²) in [7, 11) is 1.91. The molecule has 0 atom stereocenters. The standard InChI is InChI=1S/C13H18N2O2/c1-14-9-10-3-4-12-11(7-10)8-13(17)15(12)5-2-6-16/h3-4,7,14,16H,2,5-6,8-9H2,1H3. The zero-order chi connectivity index (χ0) is 12.3. The molecular formula is C13H18N2O2. The summed E-state index contributed by atoms with van der Waals surface area (Å²) in [5.41, 5.74) is 3.30. The van der Waals surface area contributed by atoms with Crippen molar-refractivity contribution in [3.8, 4) is 0 Å². The quantitative estimate of drug-likeness (QED) is 0.787. The van der Waals surface area contributed by atoms with Crippen molar-refractivity contribution in [2.45, 2.75) is 19.4 Å².